The molecule has 1 unspecified atom stereocenters. The minimum absolute atomic E-state index is 0.144. The Morgan fingerprint density at radius 3 is 2.52 bits per heavy atom. The van der Waals surface area contributed by atoms with Gasteiger partial charge in [0.15, 0.2) is 5.96 Å². The number of aliphatic imine (C=N–C) groups is 1. The summed E-state index contributed by atoms with van der Waals surface area (Å²) < 4.78 is 5.12. The average molecular weight is 346 g/mol. The number of guanidine groups is 1. The molecule has 0 bridgehead atoms. The first-order valence-corrected chi connectivity index (χ1v) is 8.98. The smallest absolute Gasteiger partial charge is 0.253 e. The van der Waals surface area contributed by atoms with Crippen LogP contribution in [0.3, 0.4) is 0 Å². The summed E-state index contributed by atoms with van der Waals surface area (Å²) in [5, 5.41) is 6.54. The van der Waals surface area contributed by atoms with Crippen LogP contribution >= 0.6 is 0 Å². The third-order valence-corrected chi connectivity index (χ3v) is 4.33. The van der Waals surface area contributed by atoms with Gasteiger partial charge in [0.05, 0.1) is 6.61 Å². The van der Waals surface area contributed by atoms with Gasteiger partial charge >= 0.3 is 0 Å². The number of piperidine rings is 1. The summed E-state index contributed by atoms with van der Waals surface area (Å²) >= 11 is 0. The normalized spacial score (nSPS) is 16.4. The highest BCUT2D eigenvalue weighted by Crippen LogP contribution is 2.13. The molecular formula is C19H30N4O2. The van der Waals surface area contributed by atoms with Gasteiger partial charge in [0, 0.05) is 45.4 Å². The number of nitrogens with zero attached hydrogens (tertiary/aromatic N) is 2. The number of rotatable bonds is 6. The predicted octanol–water partition coefficient (Wildman–Crippen LogP) is 2.01. The van der Waals surface area contributed by atoms with E-state index in [9.17, 15) is 4.79 Å². The molecule has 6 heteroatoms. The largest absolute Gasteiger partial charge is 0.383 e. The van der Waals surface area contributed by atoms with Gasteiger partial charge in [-0.2, -0.15) is 0 Å². The van der Waals surface area contributed by atoms with Crippen molar-refractivity contribution in [2.24, 2.45) is 4.99 Å². The van der Waals surface area contributed by atoms with Crippen LogP contribution in [0.2, 0.25) is 0 Å². The number of ether oxygens (including phenoxy) is 1. The number of hydrogen-bond acceptors (Lipinski definition) is 3. The van der Waals surface area contributed by atoms with E-state index in [2.05, 4.69) is 15.6 Å². The number of methoxy groups -OCH3 is 1. The molecule has 0 spiro atoms. The maximum Gasteiger partial charge on any atom is 0.253 e. The standard InChI is InChI=1S/C19H30N4O2/c1-15(14-25-3)22-19(20-2)21-13-16-7-9-17(10-8-16)18(24)23-11-5-4-6-12-23/h7-10,15H,4-6,11-14H2,1-3H3,(H2,20,21,22). The van der Waals surface area contributed by atoms with Crippen LogP contribution in [0.5, 0.6) is 0 Å². The molecular weight excluding hydrogens is 316 g/mol. The van der Waals surface area contributed by atoms with E-state index in [1.54, 1.807) is 14.2 Å². The van der Waals surface area contributed by atoms with Crippen molar-refractivity contribution >= 4 is 11.9 Å². The fraction of sp³-hybridized carbons (Fsp3) is 0.579. The van der Waals surface area contributed by atoms with E-state index in [1.807, 2.05) is 36.1 Å². The number of amides is 1. The van der Waals surface area contributed by atoms with Crippen LogP contribution in [0, 0.1) is 0 Å². The van der Waals surface area contributed by atoms with Crippen molar-refractivity contribution in [3.8, 4) is 0 Å². The molecule has 6 nitrogen and oxygen atoms in total. The molecule has 1 aromatic rings. The summed E-state index contributed by atoms with van der Waals surface area (Å²) in [6.07, 6.45) is 3.45. The van der Waals surface area contributed by atoms with E-state index in [4.69, 9.17) is 4.74 Å². The maximum absolute atomic E-state index is 12.5. The Balaban J connectivity index is 1.86. The second kappa shape index (κ2) is 10.0. The minimum Gasteiger partial charge on any atom is -0.383 e. The Kier molecular flexibility index (Phi) is 7.73. The minimum atomic E-state index is 0.144. The number of carbonyl (C=O) groups excluding carboxylic acids is 1. The Morgan fingerprint density at radius 2 is 1.92 bits per heavy atom. The molecule has 0 aliphatic carbocycles. The second-order valence-electron chi connectivity index (χ2n) is 6.48. The van der Waals surface area contributed by atoms with E-state index in [0.29, 0.717) is 13.2 Å². The van der Waals surface area contributed by atoms with Crippen LogP contribution in [0.15, 0.2) is 29.3 Å². The molecule has 1 saturated heterocycles. The predicted molar refractivity (Wildman–Crippen MR) is 101 cm³/mol. The molecule has 1 atom stereocenters. The lowest BCUT2D eigenvalue weighted by atomic mass is 10.1. The molecule has 0 saturated carbocycles. The monoisotopic (exact) mass is 346 g/mol. The molecule has 1 aliphatic rings. The van der Waals surface area contributed by atoms with Crippen molar-refractivity contribution in [3.63, 3.8) is 0 Å². The Hall–Kier alpha value is -2.08. The number of nitrogens with one attached hydrogen (secondary N) is 2. The third-order valence-electron chi connectivity index (χ3n) is 4.33. The van der Waals surface area contributed by atoms with E-state index < -0.39 is 0 Å². The Morgan fingerprint density at radius 1 is 1.24 bits per heavy atom. The quantitative estimate of drug-likeness (QED) is 0.611. The molecule has 1 heterocycles. The van der Waals surface area contributed by atoms with Crippen LogP contribution in [-0.4, -0.2) is 56.7 Å². The van der Waals surface area contributed by atoms with Gasteiger partial charge in [0.1, 0.15) is 0 Å². The van der Waals surface area contributed by atoms with Crippen molar-refractivity contribution < 1.29 is 9.53 Å². The zero-order chi connectivity index (χ0) is 18.1. The molecule has 1 amide bonds. The van der Waals surface area contributed by atoms with Crippen molar-refractivity contribution in [1.82, 2.24) is 15.5 Å². The SMILES string of the molecule is CN=C(NCc1ccc(C(=O)N2CCCCC2)cc1)NC(C)COC. The molecule has 0 radical (unpaired) electrons. The van der Waals surface area contributed by atoms with E-state index in [-0.39, 0.29) is 11.9 Å². The first kappa shape index (κ1) is 19.2. The fourth-order valence-corrected chi connectivity index (χ4v) is 2.95. The lowest BCUT2D eigenvalue weighted by molar-refractivity contribution is 0.0724. The zero-order valence-corrected chi connectivity index (χ0v) is 15.5. The Labute approximate surface area is 150 Å². The van der Waals surface area contributed by atoms with E-state index in [1.165, 1.54) is 6.42 Å². The number of likely N-dealkylation sites (tertiary alicyclic amines) is 1. The molecule has 0 aromatic heterocycles. The molecule has 2 N–H and O–H groups in total. The van der Waals surface area contributed by atoms with Crippen LogP contribution in [-0.2, 0) is 11.3 Å². The van der Waals surface area contributed by atoms with Gasteiger partial charge in [0.25, 0.3) is 5.91 Å². The van der Waals surface area contributed by atoms with Gasteiger partial charge in [-0.15, -0.1) is 0 Å². The van der Waals surface area contributed by atoms with Gasteiger partial charge in [-0.25, -0.2) is 0 Å². The molecule has 2 rings (SSSR count). The molecule has 1 aliphatic heterocycles. The van der Waals surface area contributed by atoms with E-state index in [0.717, 1.165) is 43.0 Å². The highest BCUT2D eigenvalue weighted by atomic mass is 16.5. The van der Waals surface area contributed by atoms with Crippen LogP contribution < -0.4 is 10.6 Å². The van der Waals surface area contributed by atoms with Crippen molar-refractivity contribution in [1.29, 1.82) is 0 Å². The second-order valence-corrected chi connectivity index (χ2v) is 6.48. The summed E-state index contributed by atoms with van der Waals surface area (Å²) in [4.78, 5) is 18.6. The summed E-state index contributed by atoms with van der Waals surface area (Å²) in [6.45, 7) is 5.07. The lowest BCUT2D eigenvalue weighted by Crippen LogP contribution is -2.43. The van der Waals surface area contributed by atoms with Gasteiger partial charge < -0.3 is 20.3 Å². The van der Waals surface area contributed by atoms with Crippen LogP contribution in [0.25, 0.3) is 0 Å². The first-order chi connectivity index (χ1) is 12.1. The van der Waals surface area contributed by atoms with Crippen LogP contribution in [0.1, 0.15) is 42.1 Å². The maximum atomic E-state index is 12.5. The fourth-order valence-electron chi connectivity index (χ4n) is 2.95. The van der Waals surface area contributed by atoms with Gasteiger partial charge in [-0.05, 0) is 43.9 Å². The summed E-state index contributed by atoms with van der Waals surface area (Å²) in [6, 6.07) is 8.00. The highest BCUT2D eigenvalue weighted by molar-refractivity contribution is 5.94. The molecule has 1 fully saturated rings. The summed E-state index contributed by atoms with van der Waals surface area (Å²) in [5.41, 5.74) is 1.87. The van der Waals surface area contributed by atoms with Gasteiger partial charge in [-0.1, -0.05) is 12.1 Å². The topological polar surface area (TPSA) is 66.0 Å². The van der Waals surface area contributed by atoms with Gasteiger partial charge in [0.2, 0.25) is 0 Å². The molecule has 25 heavy (non-hydrogen) atoms. The van der Waals surface area contributed by atoms with Crippen molar-refractivity contribution in [2.75, 3.05) is 33.9 Å². The van der Waals surface area contributed by atoms with Crippen molar-refractivity contribution in [3.05, 3.63) is 35.4 Å². The Bertz CT molecular complexity index is 565. The van der Waals surface area contributed by atoms with E-state index >= 15 is 0 Å². The lowest BCUT2D eigenvalue weighted by Gasteiger charge is -2.26. The molecule has 1 aromatic carbocycles. The first-order valence-electron chi connectivity index (χ1n) is 8.98. The zero-order valence-electron chi connectivity index (χ0n) is 15.5. The number of carbonyl (C=O) groups is 1. The third kappa shape index (κ3) is 6.05. The van der Waals surface area contributed by atoms with Gasteiger partial charge in [-0.3, -0.25) is 9.79 Å². The summed E-state index contributed by atoms with van der Waals surface area (Å²) in [5.74, 6) is 0.878. The summed E-state index contributed by atoms with van der Waals surface area (Å²) in [7, 11) is 3.43. The number of hydrogen-bond donors (Lipinski definition) is 2. The number of benzene rings is 1. The van der Waals surface area contributed by atoms with Crippen LogP contribution in [0.4, 0.5) is 0 Å². The van der Waals surface area contributed by atoms with Crippen molar-refractivity contribution in [2.45, 2.75) is 38.8 Å². The molecule has 138 valence electrons. The highest BCUT2D eigenvalue weighted by Gasteiger charge is 2.17. The average Bonchev–Trinajstić information content (AvgIpc) is 2.66.